The minimum Gasteiger partial charge on any atom is -0.496 e. The highest BCUT2D eigenvalue weighted by Gasteiger charge is 2.16. The Morgan fingerprint density at radius 2 is 1.94 bits per heavy atom. The van der Waals surface area contributed by atoms with Gasteiger partial charge in [0.25, 0.3) is 0 Å². The molecular formula is C15H23NO2. The number of rotatable bonds is 3. The lowest BCUT2D eigenvalue weighted by molar-refractivity contribution is -0.128. The van der Waals surface area contributed by atoms with E-state index >= 15 is 0 Å². The maximum atomic E-state index is 11.3. The summed E-state index contributed by atoms with van der Waals surface area (Å²) in [5.74, 6) is 0.884. The third-order valence-corrected chi connectivity index (χ3v) is 3.09. The normalized spacial score (nSPS) is 11.2. The third kappa shape index (κ3) is 3.49. The van der Waals surface area contributed by atoms with Gasteiger partial charge in [0.1, 0.15) is 5.75 Å². The van der Waals surface area contributed by atoms with Crippen LogP contribution in [0.2, 0.25) is 0 Å². The molecule has 0 N–H and O–H groups in total. The average molecular weight is 249 g/mol. The van der Waals surface area contributed by atoms with Gasteiger partial charge >= 0.3 is 0 Å². The van der Waals surface area contributed by atoms with E-state index in [1.807, 2.05) is 6.07 Å². The van der Waals surface area contributed by atoms with Gasteiger partial charge < -0.3 is 9.64 Å². The topological polar surface area (TPSA) is 29.5 Å². The zero-order valence-electron chi connectivity index (χ0n) is 12.2. The fourth-order valence-corrected chi connectivity index (χ4v) is 1.74. The maximum absolute atomic E-state index is 11.3. The van der Waals surface area contributed by atoms with Crippen molar-refractivity contribution in [1.82, 2.24) is 4.90 Å². The first kappa shape index (κ1) is 14.6. The van der Waals surface area contributed by atoms with Crippen LogP contribution in [-0.2, 0) is 16.8 Å². The van der Waals surface area contributed by atoms with E-state index in [1.165, 1.54) is 5.56 Å². The fourth-order valence-electron chi connectivity index (χ4n) is 1.74. The Bertz CT molecular complexity index is 433. The molecular weight excluding hydrogens is 226 g/mol. The third-order valence-electron chi connectivity index (χ3n) is 3.09. The Kier molecular flexibility index (Phi) is 4.38. The predicted octanol–water partition coefficient (Wildman–Crippen LogP) is 2.97. The molecule has 0 aromatic heterocycles. The summed E-state index contributed by atoms with van der Waals surface area (Å²) in [6.07, 6.45) is 0. The standard InChI is InChI=1S/C15H23NO2/c1-11(17)16(5)10-12-9-13(15(2,3)4)7-8-14(12)18-6/h7-9H,10H2,1-6H3. The van der Waals surface area contributed by atoms with Crippen molar-refractivity contribution in [2.24, 2.45) is 0 Å². The van der Waals surface area contributed by atoms with Crippen LogP contribution in [0.15, 0.2) is 18.2 Å². The van der Waals surface area contributed by atoms with Crippen LogP contribution in [0.25, 0.3) is 0 Å². The fraction of sp³-hybridized carbons (Fsp3) is 0.533. The van der Waals surface area contributed by atoms with Gasteiger partial charge in [-0.1, -0.05) is 26.8 Å². The molecule has 0 bridgehead atoms. The summed E-state index contributed by atoms with van der Waals surface area (Å²) in [5.41, 5.74) is 2.38. The maximum Gasteiger partial charge on any atom is 0.219 e. The van der Waals surface area contributed by atoms with Gasteiger partial charge in [-0.3, -0.25) is 4.79 Å². The first-order chi connectivity index (χ1) is 8.25. The van der Waals surface area contributed by atoms with Crippen molar-refractivity contribution in [2.45, 2.75) is 39.7 Å². The van der Waals surface area contributed by atoms with Crippen LogP contribution in [0.5, 0.6) is 5.75 Å². The Labute approximate surface area is 110 Å². The Morgan fingerprint density at radius 3 is 2.39 bits per heavy atom. The summed E-state index contributed by atoms with van der Waals surface area (Å²) < 4.78 is 5.36. The summed E-state index contributed by atoms with van der Waals surface area (Å²) in [4.78, 5) is 13.0. The molecule has 1 aromatic rings. The number of nitrogens with zero attached hydrogens (tertiary/aromatic N) is 1. The molecule has 0 radical (unpaired) electrons. The van der Waals surface area contributed by atoms with Gasteiger partial charge in [-0.15, -0.1) is 0 Å². The van der Waals surface area contributed by atoms with Crippen LogP contribution in [0, 0.1) is 0 Å². The van der Waals surface area contributed by atoms with Crippen molar-refractivity contribution in [2.75, 3.05) is 14.2 Å². The van der Waals surface area contributed by atoms with Crippen molar-refractivity contribution in [1.29, 1.82) is 0 Å². The molecule has 0 heterocycles. The van der Waals surface area contributed by atoms with Crippen LogP contribution >= 0.6 is 0 Å². The minimum atomic E-state index is 0.0539. The van der Waals surface area contributed by atoms with Gasteiger partial charge in [0.05, 0.1) is 7.11 Å². The number of carbonyl (C=O) groups is 1. The number of hydrogen-bond donors (Lipinski definition) is 0. The van der Waals surface area contributed by atoms with Gasteiger partial charge in [0.15, 0.2) is 0 Å². The van der Waals surface area contributed by atoms with Crippen molar-refractivity contribution >= 4 is 5.91 Å². The molecule has 0 aliphatic carbocycles. The molecule has 0 aliphatic rings. The first-order valence-corrected chi connectivity index (χ1v) is 6.15. The Hall–Kier alpha value is -1.51. The Morgan fingerprint density at radius 1 is 1.33 bits per heavy atom. The molecule has 18 heavy (non-hydrogen) atoms. The summed E-state index contributed by atoms with van der Waals surface area (Å²) in [6.45, 7) is 8.66. The van der Waals surface area contributed by atoms with Crippen molar-refractivity contribution < 1.29 is 9.53 Å². The smallest absolute Gasteiger partial charge is 0.219 e. The quantitative estimate of drug-likeness (QED) is 0.824. The molecule has 0 atom stereocenters. The summed E-state index contributed by atoms with van der Waals surface area (Å²) >= 11 is 0. The number of benzene rings is 1. The number of hydrogen-bond acceptors (Lipinski definition) is 2. The average Bonchev–Trinajstić information content (AvgIpc) is 2.27. The summed E-state index contributed by atoms with van der Waals surface area (Å²) in [7, 11) is 3.45. The molecule has 1 rings (SSSR count). The molecule has 3 heteroatoms. The number of amides is 1. The van der Waals surface area contributed by atoms with E-state index < -0.39 is 0 Å². The van der Waals surface area contributed by atoms with E-state index in [0.717, 1.165) is 11.3 Å². The van der Waals surface area contributed by atoms with E-state index in [9.17, 15) is 4.79 Å². The number of ether oxygens (including phenoxy) is 1. The molecule has 0 aliphatic heterocycles. The minimum absolute atomic E-state index is 0.0539. The van der Waals surface area contributed by atoms with Gasteiger partial charge in [0, 0.05) is 26.1 Å². The second-order valence-electron chi connectivity index (χ2n) is 5.65. The van der Waals surface area contributed by atoms with Crippen molar-refractivity contribution in [3.63, 3.8) is 0 Å². The van der Waals surface area contributed by atoms with Gasteiger partial charge in [-0.05, 0) is 23.1 Å². The number of carbonyl (C=O) groups excluding carboxylic acids is 1. The highest BCUT2D eigenvalue weighted by molar-refractivity contribution is 5.73. The van der Waals surface area contributed by atoms with E-state index in [4.69, 9.17) is 4.74 Å². The SMILES string of the molecule is COc1ccc(C(C)(C)C)cc1CN(C)C(C)=O. The van der Waals surface area contributed by atoms with Crippen LogP contribution in [0.4, 0.5) is 0 Å². The highest BCUT2D eigenvalue weighted by Crippen LogP contribution is 2.28. The summed E-state index contributed by atoms with van der Waals surface area (Å²) in [6, 6.07) is 6.18. The zero-order chi connectivity index (χ0) is 13.9. The molecule has 1 aromatic carbocycles. The molecule has 1 amide bonds. The van der Waals surface area contributed by atoms with Gasteiger partial charge in [-0.25, -0.2) is 0 Å². The number of methoxy groups -OCH3 is 1. The van der Waals surface area contributed by atoms with E-state index in [-0.39, 0.29) is 11.3 Å². The summed E-state index contributed by atoms with van der Waals surface area (Å²) in [5, 5.41) is 0. The van der Waals surface area contributed by atoms with E-state index in [1.54, 1.807) is 26.0 Å². The Balaban J connectivity index is 3.10. The first-order valence-electron chi connectivity index (χ1n) is 6.15. The van der Waals surface area contributed by atoms with Crippen LogP contribution < -0.4 is 4.74 Å². The van der Waals surface area contributed by atoms with E-state index in [0.29, 0.717) is 6.54 Å². The molecule has 0 saturated carbocycles. The monoisotopic (exact) mass is 249 g/mol. The highest BCUT2D eigenvalue weighted by atomic mass is 16.5. The van der Waals surface area contributed by atoms with Crippen molar-refractivity contribution in [3.05, 3.63) is 29.3 Å². The van der Waals surface area contributed by atoms with Gasteiger partial charge in [0.2, 0.25) is 5.91 Å². The predicted molar refractivity (Wildman–Crippen MR) is 73.8 cm³/mol. The second kappa shape index (κ2) is 5.42. The molecule has 0 fully saturated rings. The van der Waals surface area contributed by atoms with E-state index in [2.05, 4.69) is 32.9 Å². The van der Waals surface area contributed by atoms with Crippen LogP contribution in [-0.4, -0.2) is 25.0 Å². The molecule has 100 valence electrons. The second-order valence-corrected chi connectivity index (χ2v) is 5.65. The molecule has 3 nitrogen and oxygen atoms in total. The lowest BCUT2D eigenvalue weighted by Gasteiger charge is -2.23. The van der Waals surface area contributed by atoms with Gasteiger partial charge in [-0.2, -0.15) is 0 Å². The largest absolute Gasteiger partial charge is 0.496 e. The zero-order valence-corrected chi connectivity index (χ0v) is 12.2. The lowest BCUT2D eigenvalue weighted by Crippen LogP contribution is -2.23. The van der Waals surface area contributed by atoms with Crippen LogP contribution in [0.1, 0.15) is 38.8 Å². The van der Waals surface area contributed by atoms with Crippen molar-refractivity contribution in [3.8, 4) is 5.75 Å². The molecule has 0 saturated heterocycles. The molecule has 0 spiro atoms. The van der Waals surface area contributed by atoms with Crippen LogP contribution in [0.3, 0.4) is 0 Å². The molecule has 0 unspecified atom stereocenters. The lowest BCUT2D eigenvalue weighted by atomic mass is 9.86.